The first kappa shape index (κ1) is 14.4. The lowest BCUT2D eigenvalue weighted by Gasteiger charge is -2.09. The molecule has 108 valence electrons. The largest absolute Gasteiger partial charge is 0.480 e. The van der Waals surface area contributed by atoms with E-state index in [4.69, 9.17) is 9.84 Å². The monoisotopic (exact) mass is 291 g/mol. The zero-order valence-electron chi connectivity index (χ0n) is 10.7. The van der Waals surface area contributed by atoms with E-state index in [9.17, 15) is 19.3 Å². The summed E-state index contributed by atoms with van der Waals surface area (Å²) >= 11 is 0. The van der Waals surface area contributed by atoms with Gasteiger partial charge in [0.15, 0.2) is 5.82 Å². The Balaban J connectivity index is 2.29. The molecule has 0 aromatic heterocycles. The molecule has 21 heavy (non-hydrogen) atoms. The molecule has 2 rings (SSSR count). The molecule has 2 aromatic carbocycles. The Hall–Kier alpha value is -2.96. The number of aromatic carboxylic acids is 1. The fourth-order valence-corrected chi connectivity index (χ4v) is 1.79. The lowest BCUT2D eigenvalue weighted by molar-refractivity contribution is -0.386. The lowest BCUT2D eigenvalue weighted by Crippen LogP contribution is -2.07. The Morgan fingerprint density at radius 1 is 1.24 bits per heavy atom. The summed E-state index contributed by atoms with van der Waals surface area (Å²) in [5.41, 5.74) is -0.221. The average molecular weight is 291 g/mol. The molecular formula is C14H10FNO5. The second kappa shape index (κ2) is 6.00. The molecule has 1 N–H and O–H groups in total. The molecule has 0 amide bonds. The normalized spacial score (nSPS) is 10.1. The maximum Gasteiger partial charge on any atom is 0.336 e. The van der Waals surface area contributed by atoms with Gasteiger partial charge in [0.2, 0.25) is 5.75 Å². The van der Waals surface area contributed by atoms with E-state index in [0.29, 0.717) is 5.56 Å². The van der Waals surface area contributed by atoms with E-state index in [-0.39, 0.29) is 12.2 Å². The molecule has 0 atom stereocenters. The topological polar surface area (TPSA) is 89.7 Å². The van der Waals surface area contributed by atoms with E-state index in [2.05, 4.69) is 0 Å². The van der Waals surface area contributed by atoms with Crippen molar-refractivity contribution in [2.75, 3.05) is 0 Å². The third-order valence-corrected chi connectivity index (χ3v) is 2.76. The highest BCUT2D eigenvalue weighted by molar-refractivity contribution is 5.89. The Morgan fingerprint density at radius 2 is 1.95 bits per heavy atom. The number of carboxylic acid groups (broad SMARTS) is 1. The van der Waals surface area contributed by atoms with Gasteiger partial charge in [-0.05, 0) is 12.1 Å². The van der Waals surface area contributed by atoms with E-state index < -0.39 is 28.1 Å². The quantitative estimate of drug-likeness (QED) is 0.675. The molecule has 0 aliphatic rings. The zero-order chi connectivity index (χ0) is 15.4. The van der Waals surface area contributed by atoms with Crippen LogP contribution in [0.15, 0.2) is 42.5 Å². The molecule has 0 heterocycles. The van der Waals surface area contributed by atoms with Crippen molar-refractivity contribution in [2.24, 2.45) is 0 Å². The fraction of sp³-hybridized carbons (Fsp3) is 0.0714. The molecular weight excluding hydrogens is 281 g/mol. The molecule has 0 aliphatic heterocycles. The number of halogens is 1. The van der Waals surface area contributed by atoms with Crippen LogP contribution in [0.1, 0.15) is 15.9 Å². The Morgan fingerprint density at radius 3 is 2.62 bits per heavy atom. The Bertz CT molecular complexity index is 702. The van der Waals surface area contributed by atoms with Crippen LogP contribution in [0.4, 0.5) is 10.1 Å². The first-order valence-electron chi connectivity index (χ1n) is 5.87. The maximum atomic E-state index is 13.6. The fourth-order valence-electron chi connectivity index (χ4n) is 1.79. The van der Waals surface area contributed by atoms with Crippen molar-refractivity contribution in [1.82, 2.24) is 0 Å². The maximum absolute atomic E-state index is 13.6. The van der Waals surface area contributed by atoms with Gasteiger partial charge in [0.05, 0.1) is 10.5 Å². The number of carboxylic acids is 1. The van der Waals surface area contributed by atoms with Gasteiger partial charge in [-0.25, -0.2) is 9.18 Å². The van der Waals surface area contributed by atoms with Crippen LogP contribution in [0.5, 0.6) is 5.75 Å². The number of benzene rings is 2. The van der Waals surface area contributed by atoms with Crippen LogP contribution >= 0.6 is 0 Å². The van der Waals surface area contributed by atoms with Crippen molar-refractivity contribution in [2.45, 2.75) is 6.61 Å². The third kappa shape index (κ3) is 3.14. The second-order valence-electron chi connectivity index (χ2n) is 4.10. The number of carbonyl (C=O) groups is 1. The molecule has 0 bridgehead atoms. The summed E-state index contributed by atoms with van der Waals surface area (Å²) in [6.07, 6.45) is 0. The van der Waals surface area contributed by atoms with Gasteiger partial charge in [0, 0.05) is 11.6 Å². The first-order chi connectivity index (χ1) is 10.0. The van der Waals surface area contributed by atoms with Crippen LogP contribution in [-0.4, -0.2) is 16.0 Å². The summed E-state index contributed by atoms with van der Waals surface area (Å²) in [4.78, 5) is 21.1. The van der Waals surface area contributed by atoms with Crippen molar-refractivity contribution >= 4 is 11.7 Å². The number of para-hydroxylation sites is 1. The minimum atomic E-state index is -1.16. The molecule has 0 aliphatic carbocycles. The van der Waals surface area contributed by atoms with E-state index in [1.165, 1.54) is 18.2 Å². The molecule has 0 saturated carbocycles. The zero-order valence-corrected chi connectivity index (χ0v) is 10.7. The number of hydrogen-bond donors (Lipinski definition) is 1. The molecule has 0 radical (unpaired) electrons. The minimum absolute atomic E-state index is 0.00325. The van der Waals surface area contributed by atoms with Gasteiger partial charge in [0.1, 0.15) is 6.61 Å². The summed E-state index contributed by atoms with van der Waals surface area (Å²) in [6.45, 7) is -0.287. The summed E-state index contributed by atoms with van der Waals surface area (Å²) in [5, 5.41) is 19.8. The highest BCUT2D eigenvalue weighted by Gasteiger charge is 2.20. The van der Waals surface area contributed by atoms with E-state index >= 15 is 0 Å². The minimum Gasteiger partial charge on any atom is -0.480 e. The number of hydrogen-bond acceptors (Lipinski definition) is 4. The predicted molar refractivity (Wildman–Crippen MR) is 70.8 cm³/mol. The van der Waals surface area contributed by atoms with Crippen LogP contribution in [-0.2, 0) is 6.61 Å². The highest BCUT2D eigenvalue weighted by Crippen LogP contribution is 2.30. The Labute approximate surface area is 118 Å². The first-order valence-corrected chi connectivity index (χ1v) is 5.87. The summed E-state index contributed by atoms with van der Waals surface area (Å²) in [6, 6.07) is 9.35. The molecule has 0 spiro atoms. The van der Waals surface area contributed by atoms with Gasteiger partial charge in [-0.15, -0.1) is 0 Å². The van der Waals surface area contributed by atoms with Crippen molar-refractivity contribution < 1.29 is 24.0 Å². The molecule has 0 unspecified atom stereocenters. The molecule has 6 nitrogen and oxygen atoms in total. The smallest absolute Gasteiger partial charge is 0.336 e. The van der Waals surface area contributed by atoms with Crippen molar-refractivity contribution in [1.29, 1.82) is 0 Å². The number of nitro groups is 1. The van der Waals surface area contributed by atoms with E-state index in [1.54, 1.807) is 12.1 Å². The van der Waals surface area contributed by atoms with Gasteiger partial charge in [0.25, 0.3) is 0 Å². The van der Waals surface area contributed by atoms with Gasteiger partial charge >= 0.3 is 11.7 Å². The number of rotatable bonds is 5. The van der Waals surface area contributed by atoms with Crippen molar-refractivity contribution in [3.63, 3.8) is 0 Å². The van der Waals surface area contributed by atoms with Crippen LogP contribution in [0.2, 0.25) is 0 Å². The highest BCUT2D eigenvalue weighted by atomic mass is 19.1. The van der Waals surface area contributed by atoms with Gasteiger partial charge in [-0.1, -0.05) is 24.3 Å². The van der Waals surface area contributed by atoms with E-state index in [0.717, 1.165) is 12.1 Å². The van der Waals surface area contributed by atoms with Crippen LogP contribution in [0.3, 0.4) is 0 Å². The SMILES string of the molecule is O=C(O)c1ccccc1COc1c(F)cccc1[N+](=O)[O-]. The van der Waals surface area contributed by atoms with Crippen LogP contribution < -0.4 is 4.74 Å². The third-order valence-electron chi connectivity index (χ3n) is 2.76. The molecule has 2 aromatic rings. The molecule has 0 saturated heterocycles. The van der Waals surface area contributed by atoms with Crippen molar-refractivity contribution in [3.05, 3.63) is 69.5 Å². The lowest BCUT2D eigenvalue weighted by atomic mass is 10.1. The van der Waals surface area contributed by atoms with Gasteiger partial charge in [-0.2, -0.15) is 0 Å². The summed E-state index contributed by atoms with van der Waals surface area (Å²) < 4.78 is 18.8. The standard InChI is InChI=1S/C14H10FNO5/c15-11-6-3-7-12(16(19)20)13(11)21-8-9-4-1-2-5-10(9)14(17)18/h1-7H,8H2,(H,17,18). The predicted octanol–water partition coefficient (Wildman–Crippen LogP) is 3.01. The average Bonchev–Trinajstić information content (AvgIpc) is 2.45. The van der Waals surface area contributed by atoms with Crippen molar-refractivity contribution in [3.8, 4) is 5.75 Å². The van der Waals surface area contributed by atoms with Crippen LogP contribution in [0.25, 0.3) is 0 Å². The number of nitrogens with zero attached hydrogens (tertiary/aromatic N) is 1. The summed E-state index contributed by atoms with van der Waals surface area (Å²) in [5.74, 6) is -2.54. The molecule has 0 fully saturated rings. The second-order valence-corrected chi connectivity index (χ2v) is 4.10. The Kier molecular flexibility index (Phi) is 4.13. The number of nitro benzene ring substituents is 1. The van der Waals surface area contributed by atoms with Gasteiger partial charge < -0.3 is 9.84 Å². The molecule has 7 heteroatoms. The summed E-state index contributed by atoms with van der Waals surface area (Å²) in [7, 11) is 0. The van der Waals surface area contributed by atoms with Gasteiger partial charge in [-0.3, -0.25) is 10.1 Å². The van der Waals surface area contributed by atoms with E-state index in [1.807, 2.05) is 0 Å². The van der Waals surface area contributed by atoms with Crippen LogP contribution in [0, 0.1) is 15.9 Å². The number of ether oxygens (including phenoxy) is 1.